The molecule has 4 nitrogen and oxygen atoms in total. The van der Waals surface area contributed by atoms with E-state index < -0.39 is 0 Å². The van der Waals surface area contributed by atoms with E-state index in [-0.39, 0.29) is 5.56 Å². The number of anilines is 1. The molecule has 1 aromatic heterocycles. The molecule has 4 heteroatoms. The van der Waals surface area contributed by atoms with Crippen molar-refractivity contribution in [2.45, 2.75) is 51.5 Å². The predicted molar refractivity (Wildman–Crippen MR) is 64.7 cm³/mol. The lowest BCUT2D eigenvalue weighted by Crippen LogP contribution is -2.25. The summed E-state index contributed by atoms with van der Waals surface area (Å²) in [5.41, 5.74) is 0.784. The lowest BCUT2D eigenvalue weighted by molar-refractivity contribution is 0.460. The number of aryl methyl sites for hydroxylation is 1. The second kappa shape index (κ2) is 5.14. The van der Waals surface area contributed by atoms with Crippen molar-refractivity contribution < 1.29 is 0 Å². The molecule has 16 heavy (non-hydrogen) atoms. The first-order valence-electron chi connectivity index (χ1n) is 6.14. The largest absolute Gasteiger partial charge is 0.353 e. The summed E-state index contributed by atoms with van der Waals surface area (Å²) in [6.07, 6.45) is 7.03. The Morgan fingerprint density at radius 1 is 1.44 bits per heavy atom. The fraction of sp³-hybridized carbons (Fsp3) is 0.667. The number of hydrogen-bond acceptors (Lipinski definition) is 3. The maximum Gasteiger partial charge on any atom is 0.252 e. The third kappa shape index (κ3) is 2.84. The molecule has 1 saturated carbocycles. The van der Waals surface area contributed by atoms with Crippen molar-refractivity contribution >= 4 is 5.95 Å². The average molecular weight is 221 g/mol. The Balaban J connectivity index is 2.07. The number of aromatic nitrogens is 2. The summed E-state index contributed by atoms with van der Waals surface area (Å²) in [5.74, 6) is 0.635. The van der Waals surface area contributed by atoms with E-state index in [2.05, 4.69) is 15.3 Å². The minimum atomic E-state index is -0.0647. The molecule has 0 aromatic carbocycles. The monoisotopic (exact) mass is 221 g/mol. The molecule has 1 fully saturated rings. The van der Waals surface area contributed by atoms with Crippen LogP contribution in [0.1, 0.15) is 44.7 Å². The third-order valence-corrected chi connectivity index (χ3v) is 3.10. The van der Waals surface area contributed by atoms with Crippen LogP contribution in [0.15, 0.2) is 10.9 Å². The molecule has 0 amide bonds. The first kappa shape index (κ1) is 11.2. The van der Waals surface area contributed by atoms with E-state index in [1.807, 2.05) is 6.92 Å². The van der Waals surface area contributed by atoms with Crippen LogP contribution in [-0.4, -0.2) is 16.0 Å². The van der Waals surface area contributed by atoms with Gasteiger partial charge < -0.3 is 5.32 Å². The molecule has 0 spiro atoms. The molecule has 0 bridgehead atoms. The molecule has 1 aromatic rings. The first-order valence-corrected chi connectivity index (χ1v) is 6.14. The van der Waals surface area contributed by atoms with Crippen LogP contribution >= 0.6 is 0 Å². The molecule has 2 rings (SSSR count). The van der Waals surface area contributed by atoms with Crippen LogP contribution in [0.4, 0.5) is 5.95 Å². The van der Waals surface area contributed by atoms with Crippen molar-refractivity contribution in [1.82, 2.24) is 9.97 Å². The van der Waals surface area contributed by atoms with E-state index in [0.717, 1.165) is 12.1 Å². The molecule has 1 aliphatic rings. The van der Waals surface area contributed by atoms with E-state index in [4.69, 9.17) is 0 Å². The van der Waals surface area contributed by atoms with Gasteiger partial charge in [0.25, 0.3) is 5.56 Å². The zero-order valence-electron chi connectivity index (χ0n) is 9.75. The normalized spacial score (nSPS) is 17.3. The van der Waals surface area contributed by atoms with Crippen molar-refractivity contribution in [2.24, 2.45) is 0 Å². The average Bonchev–Trinajstić information content (AvgIpc) is 2.29. The van der Waals surface area contributed by atoms with Crippen LogP contribution in [0.3, 0.4) is 0 Å². The van der Waals surface area contributed by atoms with E-state index in [1.165, 1.54) is 32.1 Å². The Labute approximate surface area is 95.5 Å². The van der Waals surface area contributed by atoms with Gasteiger partial charge >= 0.3 is 0 Å². The van der Waals surface area contributed by atoms with Crippen LogP contribution < -0.4 is 10.9 Å². The highest BCUT2D eigenvalue weighted by Gasteiger charge is 2.13. The van der Waals surface area contributed by atoms with Crippen LogP contribution in [0, 0.1) is 0 Å². The van der Waals surface area contributed by atoms with Crippen LogP contribution in [0.2, 0.25) is 0 Å². The summed E-state index contributed by atoms with van der Waals surface area (Å²) in [5, 5.41) is 3.33. The maximum absolute atomic E-state index is 11.4. The number of H-pyrrole nitrogens is 1. The van der Waals surface area contributed by atoms with Gasteiger partial charge in [-0.1, -0.05) is 26.2 Å². The van der Waals surface area contributed by atoms with Gasteiger partial charge in [0.15, 0.2) is 0 Å². The fourth-order valence-electron chi connectivity index (χ4n) is 2.20. The topological polar surface area (TPSA) is 57.8 Å². The van der Waals surface area contributed by atoms with Gasteiger partial charge in [-0.3, -0.25) is 9.78 Å². The summed E-state index contributed by atoms with van der Waals surface area (Å²) in [7, 11) is 0. The summed E-state index contributed by atoms with van der Waals surface area (Å²) < 4.78 is 0. The van der Waals surface area contributed by atoms with Gasteiger partial charge in [-0.15, -0.1) is 0 Å². The molecule has 1 heterocycles. The Bertz CT molecular complexity index is 393. The predicted octanol–water partition coefficient (Wildman–Crippen LogP) is 2.08. The van der Waals surface area contributed by atoms with Crippen molar-refractivity contribution in [3.05, 3.63) is 22.1 Å². The van der Waals surface area contributed by atoms with E-state index in [1.54, 1.807) is 6.07 Å². The van der Waals surface area contributed by atoms with Gasteiger partial charge in [0.1, 0.15) is 0 Å². The number of rotatable bonds is 3. The molecule has 0 radical (unpaired) electrons. The summed E-state index contributed by atoms with van der Waals surface area (Å²) in [6.45, 7) is 2.01. The Hall–Kier alpha value is -1.32. The fourth-order valence-corrected chi connectivity index (χ4v) is 2.20. The molecule has 2 N–H and O–H groups in total. The van der Waals surface area contributed by atoms with Gasteiger partial charge in [-0.05, 0) is 19.3 Å². The van der Waals surface area contributed by atoms with Crippen molar-refractivity contribution in [3.63, 3.8) is 0 Å². The summed E-state index contributed by atoms with van der Waals surface area (Å²) in [6, 6.07) is 2.04. The second-order valence-corrected chi connectivity index (χ2v) is 4.42. The quantitative estimate of drug-likeness (QED) is 0.821. The highest BCUT2D eigenvalue weighted by Crippen LogP contribution is 2.19. The minimum absolute atomic E-state index is 0.0647. The van der Waals surface area contributed by atoms with E-state index >= 15 is 0 Å². The Morgan fingerprint density at radius 3 is 2.88 bits per heavy atom. The number of nitrogens with zero attached hydrogens (tertiary/aromatic N) is 1. The molecule has 1 aliphatic carbocycles. The van der Waals surface area contributed by atoms with E-state index in [9.17, 15) is 4.79 Å². The highest BCUT2D eigenvalue weighted by molar-refractivity contribution is 5.26. The summed E-state index contributed by atoms with van der Waals surface area (Å²) in [4.78, 5) is 18.5. The van der Waals surface area contributed by atoms with Gasteiger partial charge in [0.2, 0.25) is 5.95 Å². The Kier molecular flexibility index (Phi) is 3.59. The lowest BCUT2D eigenvalue weighted by Gasteiger charge is -2.22. The molecule has 88 valence electrons. The van der Waals surface area contributed by atoms with Crippen LogP contribution in [0.25, 0.3) is 0 Å². The molecule has 0 aliphatic heterocycles. The number of aromatic amines is 1. The number of nitrogens with one attached hydrogen (secondary N) is 2. The first-order chi connectivity index (χ1) is 7.78. The van der Waals surface area contributed by atoms with Crippen LogP contribution in [0.5, 0.6) is 0 Å². The van der Waals surface area contributed by atoms with Gasteiger partial charge in [0.05, 0.1) is 0 Å². The maximum atomic E-state index is 11.4. The highest BCUT2D eigenvalue weighted by atomic mass is 16.1. The SMILES string of the molecule is CCc1cc(=O)[nH]c(NC2CCCCC2)n1. The molecular weight excluding hydrogens is 202 g/mol. The van der Waals surface area contributed by atoms with Crippen molar-refractivity contribution in [1.29, 1.82) is 0 Å². The molecule has 0 saturated heterocycles. The van der Waals surface area contributed by atoms with E-state index in [0.29, 0.717) is 12.0 Å². The molecular formula is C12H19N3O. The number of hydrogen-bond donors (Lipinski definition) is 2. The molecule has 0 atom stereocenters. The van der Waals surface area contributed by atoms with Gasteiger partial charge in [-0.25, -0.2) is 4.98 Å². The second-order valence-electron chi connectivity index (χ2n) is 4.42. The summed E-state index contributed by atoms with van der Waals surface area (Å²) >= 11 is 0. The third-order valence-electron chi connectivity index (χ3n) is 3.10. The van der Waals surface area contributed by atoms with Crippen LogP contribution in [-0.2, 0) is 6.42 Å². The Morgan fingerprint density at radius 2 is 2.19 bits per heavy atom. The minimum Gasteiger partial charge on any atom is -0.353 e. The van der Waals surface area contributed by atoms with Crippen molar-refractivity contribution in [3.8, 4) is 0 Å². The zero-order chi connectivity index (χ0) is 11.4. The van der Waals surface area contributed by atoms with Gasteiger partial charge in [-0.2, -0.15) is 0 Å². The van der Waals surface area contributed by atoms with Crippen molar-refractivity contribution in [2.75, 3.05) is 5.32 Å². The lowest BCUT2D eigenvalue weighted by atomic mass is 9.96. The standard InChI is InChI=1S/C12H19N3O/c1-2-9-8-11(16)15-12(13-9)14-10-6-4-3-5-7-10/h8,10H,2-7H2,1H3,(H2,13,14,15,16). The van der Waals surface area contributed by atoms with Gasteiger partial charge in [0, 0.05) is 17.8 Å². The molecule has 0 unspecified atom stereocenters. The smallest absolute Gasteiger partial charge is 0.252 e. The zero-order valence-corrected chi connectivity index (χ0v) is 9.75.